The number of fused-ring (bicyclic) bond motifs is 1. The number of nitrogens with one attached hydrogen (secondary N) is 3. The molecular weight excluding hydrogens is 504 g/mol. The van der Waals surface area contributed by atoms with Crippen molar-refractivity contribution in [1.82, 2.24) is 20.0 Å². The predicted molar refractivity (Wildman–Crippen MR) is 144 cm³/mol. The second-order valence-corrected chi connectivity index (χ2v) is 11.8. The number of aryl methyl sites for hydroxylation is 5. The summed E-state index contributed by atoms with van der Waals surface area (Å²) in [6.07, 6.45) is 8.52. The maximum Gasteiger partial charge on any atom is 0.323 e. The molecule has 0 spiro atoms. The van der Waals surface area contributed by atoms with Gasteiger partial charge < -0.3 is 15.4 Å². The summed E-state index contributed by atoms with van der Waals surface area (Å²) in [5, 5.41) is 12.2. The van der Waals surface area contributed by atoms with E-state index in [1.807, 2.05) is 19.2 Å². The van der Waals surface area contributed by atoms with Crippen molar-refractivity contribution in [3.63, 3.8) is 0 Å². The molecule has 4 N–H and O–H groups in total. The number of aromatic amines is 1. The first-order valence-corrected chi connectivity index (χ1v) is 14.2. The third-order valence-corrected chi connectivity index (χ3v) is 8.83. The molecule has 9 nitrogen and oxygen atoms in total. The highest BCUT2D eigenvalue weighted by atomic mass is 32.2. The van der Waals surface area contributed by atoms with Gasteiger partial charge in [0, 0.05) is 24.6 Å². The maximum atomic E-state index is 13.0. The second-order valence-electron chi connectivity index (χ2n) is 10.1. The minimum Gasteiger partial charge on any atom is -0.480 e. The van der Waals surface area contributed by atoms with Crippen LogP contribution < -0.4 is 10.0 Å². The zero-order valence-electron chi connectivity index (χ0n) is 21.9. The zero-order chi connectivity index (χ0) is 27.4. The molecule has 0 radical (unpaired) electrons. The minimum absolute atomic E-state index is 0.0481. The lowest BCUT2D eigenvalue weighted by Crippen LogP contribution is -2.48. The molecule has 2 atom stereocenters. The Morgan fingerprint density at radius 1 is 1.18 bits per heavy atom. The van der Waals surface area contributed by atoms with E-state index in [1.54, 1.807) is 38.2 Å². The summed E-state index contributed by atoms with van der Waals surface area (Å²) in [4.78, 5) is 32.0. The molecular formula is C28H34N4O5S. The fraction of sp³-hybridized carbons (Fsp3) is 0.393. The molecule has 0 saturated carbocycles. The lowest BCUT2D eigenvalue weighted by Gasteiger charge is -2.23. The molecule has 1 amide bonds. The van der Waals surface area contributed by atoms with Crippen molar-refractivity contribution >= 4 is 21.9 Å². The first-order valence-electron chi connectivity index (χ1n) is 12.7. The van der Waals surface area contributed by atoms with Crippen LogP contribution >= 0.6 is 0 Å². The molecule has 1 aliphatic rings. The standard InChI is InChI=1S/C28H34N4O5S/c1-17-11-18(2)26(19(3)12-17)38(36,37)32-25(28(34)35)16-31-27(33)24-14-21(15-30-24)7-6-20-8-9-22-5-4-10-29-23(22)13-20/h4-5,10-12,14-15,20,25,30,32H,6-9,13,16H2,1-3H3,(H,31,33)(H,34,35)/t20?,25-/m0/s1. The van der Waals surface area contributed by atoms with Crippen LogP contribution in [0.15, 0.2) is 47.6 Å². The average molecular weight is 539 g/mol. The zero-order valence-corrected chi connectivity index (χ0v) is 22.7. The number of sulfonamides is 1. The van der Waals surface area contributed by atoms with E-state index in [1.165, 1.54) is 11.3 Å². The highest BCUT2D eigenvalue weighted by Crippen LogP contribution is 2.27. The Labute approximate surface area is 223 Å². The van der Waals surface area contributed by atoms with Crippen molar-refractivity contribution in [2.24, 2.45) is 5.92 Å². The number of benzene rings is 1. The van der Waals surface area contributed by atoms with Crippen molar-refractivity contribution in [2.45, 2.75) is 63.8 Å². The Balaban J connectivity index is 1.33. The first-order chi connectivity index (χ1) is 18.0. The van der Waals surface area contributed by atoms with E-state index >= 15 is 0 Å². The first kappa shape index (κ1) is 27.5. The number of amides is 1. The number of carbonyl (C=O) groups is 2. The molecule has 3 aromatic rings. The molecule has 2 heterocycles. The number of pyridine rings is 1. The van der Waals surface area contributed by atoms with Gasteiger partial charge in [0.05, 0.1) is 4.90 Å². The van der Waals surface area contributed by atoms with Crippen molar-refractivity contribution in [2.75, 3.05) is 6.54 Å². The Kier molecular flexibility index (Phi) is 8.32. The smallest absolute Gasteiger partial charge is 0.323 e. The largest absolute Gasteiger partial charge is 0.480 e. The molecule has 38 heavy (non-hydrogen) atoms. The number of hydrogen-bond donors (Lipinski definition) is 4. The van der Waals surface area contributed by atoms with E-state index in [2.05, 4.69) is 26.1 Å². The number of aromatic nitrogens is 2. The number of H-pyrrole nitrogens is 1. The third kappa shape index (κ3) is 6.49. The maximum absolute atomic E-state index is 13.0. The van der Waals surface area contributed by atoms with Crippen LogP contribution in [0, 0.1) is 26.7 Å². The Morgan fingerprint density at radius 2 is 1.92 bits per heavy atom. The summed E-state index contributed by atoms with van der Waals surface area (Å²) in [6.45, 7) is 4.79. The Morgan fingerprint density at radius 3 is 2.63 bits per heavy atom. The van der Waals surface area contributed by atoms with Gasteiger partial charge in [-0.1, -0.05) is 23.8 Å². The van der Waals surface area contributed by atoms with Crippen molar-refractivity contribution < 1.29 is 23.1 Å². The fourth-order valence-electron chi connectivity index (χ4n) is 5.26. The number of rotatable bonds is 10. The number of carboxylic acid groups (broad SMARTS) is 1. The summed E-state index contributed by atoms with van der Waals surface area (Å²) < 4.78 is 28.2. The van der Waals surface area contributed by atoms with Crippen LogP contribution in [0.2, 0.25) is 0 Å². The molecule has 0 aliphatic heterocycles. The topological polar surface area (TPSA) is 141 Å². The number of carboxylic acids is 1. The van der Waals surface area contributed by atoms with Crippen molar-refractivity contribution in [3.05, 3.63) is 81.9 Å². The lowest BCUT2D eigenvalue weighted by molar-refractivity contribution is -0.138. The molecule has 202 valence electrons. The summed E-state index contributed by atoms with van der Waals surface area (Å²) in [5.41, 5.74) is 5.75. The van der Waals surface area contributed by atoms with E-state index in [-0.39, 0.29) is 4.90 Å². The minimum atomic E-state index is -4.12. The van der Waals surface area contributed by atoms with Gasteiger partial charge in [-0.05, 0) is 93.2 Å². The van der Waals surface area contributed by atoms with Crippen LogP contribution in [0.25, 0.3) is 0 Å². The van der Waals surface area contributed by atoms with Gasteiger partial charge in [-0.15, -0.1) is 0 Å². The molecule has 1 aliphatic carbocycles. The van der Waals surface area contributed by atoms with Gasteiger partial charge >= 0.3 is 5.97 Å². The van der Waals surface area contributed by atoms with E-state index in [9.17, 15) is 23.1 Å². The molecule has 0 bridgehead atoms. The number of nitrogens with zero attached hydrogens (tertiary/aromatic N) is 1. The van der Waals surface area contributed by atoms with Gasteiger partial charge in [0.15, 0.2) is 0 Å². The van der Waals surface area contributed by atoms with E-state index in [0.717, 1.165) is 43.2 Å². The van der Waals surface area contributed by atoms with Crippen molar-refractivity contribution in [3.8, 4) is 0 Å². The lowest BCUT2D eigenvalue weighted by atomic mass is 9.84. The van der Waals surface area contributed by atoms with Crippen LogP contribution in [-0.4, -0.2) is 48.0 Å². The molecule has 1 unspecified atom stereocenters. The van der Waals surface area contributed by atoms with Gasteiger partial charge in [0.2, 0.25) is 10.0 Å². The molecule has 4 rings (SSSR count). The van der Waals surface area contributed by atoms with Crippen LogP contribution in [-0.2, 0) is 34.1 Å². The van der Waals surface area contributed by atoms with Crippen LogP contribution in [0.1, 0.15) is 56.8 Å². The second kappa shape index (κ2) is 11.5. The van der Waals surface area contributed by atoms with Crippen molar-refractivity contribution in [1.29, 1.82) is 0 Å². The van der Waals surface area contributed by atoms with Gasteiger partial charge in [0.25, 0.3) is 5.91 Å². The Bertz CT molecular complexity index is 1420. The normalized spacial score (nSPS) is 16.0. The van der Waals surface area contributed by atoms with Gasteiger partial charge in [-0.3, -0.25) is 14.6 Å². The molecule has 1 aromatic carbocycles. The fourth-order valence-corrected chi connectivity index (χ4v) is 6.90. The summed E-state index contributed by atoms with van der Waals surface area (Å²) in [6, 6.07) is 7.80. The van der Waals surface area contributed by atoms with E-state index in [4.69, 9.17) is 0 Å². The molecule has 10 heteroatoms. The quantitative estimate of drug-likeness (QED) is 0.312. The molecule has 0 saturated heterocycles. The summed E-state index contributed by atoms with van der Waals surface area (Å²) in [7, 11) is -4.12. The highest BCUT2D eigenvalue weighted by molar-refractivity contribution is 7.89. The molecule has 0 fully saturated rings. The summed E-state index contributed by atoms with van der Waals surface area (Å²) in [5.74, 6) is -1.35. The van der Waals surface area contributed by atoms with Gasteiger partial charge in [-0.25, -0.2) is 8.42 Å². The third-order valence-electron chi connectivity index (χ3n) is 7.05. The average Bonchev–Trinajstić information content (AvgIpc) is 3.33. The number of hydrogen-bond acceptors (Lipinski definition) is 5. The van der Waals surface area contributed by atoms with E-state index < -0.39 is 34.5 Å². The van der Waals surface area contributed by atoms with Crippen LogP contribution in [0.4, 0.5) is 0 Å². The highest BCUT2D eigenvalue weighted by Gasteiger charge is 2.28. The van der Waals surface area contributed by atoms with E-state index in [0.29, 0.717) is 22.7 Å². The van der Waals surface area contributed by atoms with Crippen LogP contribution in [0.5, 0.6) is 0 Å². The van der Waals surface area contributed by atoms with Gasteiger partial charge in [0.1, 0.15) is 11.7 Å². The van der Waals surface area contributed by atoms with Gasteiger partial charge in [-0.2, -0.15) is 4.72 Å². The number of carbonyl (C=O) groups excluding carboxylic acids is 1. The Hall–Kier alpha value is -3.50. The molecule has 2 aromatic heterocycles. The predicted octanol–water partition coefficient (Wildman–Crippen LogP) is 3.23. The van der Waals surface area contributed by atoms with Crippen LogP contribution in [0.3, 0.4) is 0 Å². The summed E-state index contributed by atoms with van der Waals surface area (Å²) >= 11 is 0. The monoisotopic (exact) mass is 538 g/mol. The SMILES string of the molecule is Cc1cc(C)c(S(=O)(=O)N[C@@H](CNC(=O)c2cc(CCC3CCc4cccnc4C3)c[nH]2)C(=O)O)c(C)c1. The number of aliphatic carboxylic acids is 1.